The van der Waals surface area contributed by atoms with Crippen molar-refractivity contribution in [3.8, 4) is 0 Å². The van der Waals surface area contributed by atoms with E-state index in [1.54, 1.807) is 4.68 Å². The van der Waals surface area contributed by atoms with E-state index in [1.807, 2.05) is 20.8 Å². The molecule has 0 aliphatic rings. The van der Waals surface area contributed by atoms with Gasteiger partial charge in [-0.3, -0.25) is 9.48 Å². The van der Waals surface area contributed by atoms with Crippen LogP contribution in [0, 0.1) is 0 Å². The van der Waals surface area contributed by atoms with Gasteiger partial charge in [-0.05, 0) is 31.8 Å². The van der Waals surface area contributed by atoms with Gasteiger partial charge in [0.25, 0.3) is 0 Å². The standard InChI is InChI=1S/C11H13ClN4OS/c1-4-8-11(18-15-14-8)10(17)9-7(12)5-13-16(9)6(2)3/h5-6H,4H2,1-3H3. The molecule has 0 amide bonds. The lowest BCUT2D eigenvalue weighted by atomic mass is 10.2. The van der Waals surface area contributed by atoms with Gasteiger partial charge in [-0.25, -0.2) is 0 Å². The molecule has 0 N–H and O–H groups in total. The van der Waals surface area contributed by atoms with E-state index in [0.29, 0.717) is 27.7 Å². The Morgan fingerprint density at radius 1 is 1.56 bits per heavy atom. The van der Waals surface area contributed by atoms with Crippen LogP contribution >= 0.6 is 23.1 Å². The zero-order valence-corrected chi connectivity index (χ0v) is 11.9. The van der Waals surface area contributed by atoms with Gasteiger partial charge in [-0.15, -0.1) is 5.10 Å². The number of hydrogen-bond acceptors (Lipinski definition) is 5. The van der Waals surface area contributed by atoms with Crippen molar-refractivity contribution in [1.82, 2.24) is 19.4 Å². The maximum atomic E-state index is 12.5. The van der Waals surface area contributed by atoms with E-state index in [9.17, 15) is 4.79 Å². The fourth-order valence-corrected chi connectivity index (χ4v) is 2.57. The second kappa shape index (κ2) is 5.16. The SMILES string of the molecule is CCc1nnsc1C(=O)c1c(Cl)cnn1C(C)C. The first-order valence-corrected chi connectivity index (χ1v) is 6.80. The van der Waals surface area contributed by atoms with E-state index in [2.05, 4.69) is 14.7 Å². The van der Waals surface area contributed by atoms with Crippen molar-refractivity contribution in [2.45, 2.75) is 33.2 Å². The molecule has 0 atom stereocenters. The summed E-state index contributed by atoms with van der Waals surface area (Å²) in [6, 6.07) is 0.0717. The molecule has 2 aromatic heterocycles. The van der Waals surface area contributed by atoms with Crippen molar-refractivity contribution in [2.24, 2.45) is 0 Å². The van der Waals surface area contributed by atoms with Crippen LogP contribution in [0.1, 0.15) is 47.9 Å². The van der Waals surface area contributed by atoms with Crippen molar-refractivity contribution in [2.75, 3.05) is 0 Å². The third-order valence-electron chi connectivity index (χ3n) is 2.55. The molecule has 5 nitrogen and oxygen atoms in total. The predicted octanol–water partition coefficient (Wildman–Crippen LogP) is 2.76. The summed E-state index contributed by atoms with van der Waals surface area (Å²) in [5, 5.41) is 8.44. The molecule has 0 aromatic carbocycles. The maximum absolute atomic E-state index is 12.5. The highest BCUT2D eigenvalue weighted by molar-refractivity contribution is 7.08. The van der Waals surface area contributed by atoms with Gasteiger partial charge in [0, 0.05) is 6.04 Å². The van der Waals surface area contributed by atoms with E-state index in [4.69, 9.17) is 11.6 Å². The largest absolute Gasteiger partial charge is 0.286 e. The average Bonchev–Trinajstić information content (AvgIpc) is 2.93. The van der Waals surface area contributed by atoms with Gasteiger partial charge in [-0.2, -0.15) is 5.10 Å². The Kier molecular flexibility index (Phi) is 3.77. The predicted molar refractivity (Wildman–Crippen MR) is 70.3 cm³/mol. The van der Waals surface area contributed by atoms with E-state index in [-0.39, 0.29) is 11.8 Å². The summed E-state index contributed by atoms with van der Waals surface area (Å²) in [4.78, 5) is 13.0. The monoisotopic (exact) mass is 284 g/mol. The van der Waals surface area contributed by atoms with Crippen molar-refractivity contribution < 1.29 is 4.79 Å². The summed E-state index contributed by atoms with van der Waals surface area (Å²) in [7, 11) is 0. The zero-order valence-electron chi connectivity index (χ0n) is 10.3. The molecule has 0 bridgehead atoms. The van der Waals surface area contributed by atoms with Crippen molar-refractivity contribution in [3.63, 3.8) is 0 Å². The van der Waals surface area contributed by atoms with E-state index >= 15 is 0 Å². The molecule has 2 heterocycles. The number of halogens is 1. The fourth-order valence-electron chi connectivity index (χ4n) is 1.67. The summed E-state index contributed by atoms with van der Waals surface area (Å²) < 4.78 is 5.45. The van der Waals surface area contributed by atoms with Crippen LogP contribution in [0.2, 0.25) is 5.02 Å². The molecule has 18 heavy (non-hydrogen) atoms. The first-order valence-electron chi connectivity index (χ1n) is 5.65. The van der Waals surface area contributed by atoms with Crippen molar-refractivity contribution in [3.05, 3.63) is 27.5 Å². The van der Waals surface area contributed by atoms with Crippen LogP contribution in [0.25, 0.3) is 0 Å². The maximum Gasteiger partial charge on any atom is 0.226 e. The van der Waals surface area contributed by atoms with E-state index < -0.39 is 0 Å². The first kappa shape index (κ1) is 13.2. The minimum Gasteiger partial charge on any atom is -0.286 e. The number of nitrogens with zero attached hydrogens (tertiary/aromatic N) is 4. The molecular weight excluding hydrogens is 272 g/mol. The van der Waals surface area contributed by atoms with Crippen LogP contribution in [0.5, 0.6) is 0 Å². The minimum absolute atomic E-state index is 0.0717. The Labute approximate surface area is 114 Å². The summed E-state index contributed by atoms with van der Waals surface area (Å²) in [5.74, 6) is -0.155. The number of hydrogen-bond donors (Lipinski definition) is 0. The number of aryl methyl sites for hydroxylation is 1. The van der Waals surface area contributed by atoms with Crippen LogP contribution < -0.4 is 0 Å². The van der Waals surface area contributed by atoms with Crippen LogP contribution in [0.3, 0.4) is 0 Å². The lowest BCUT2D eigenvalue weighted by Crippen LogP contribution is -2.14. The minimum atomic E-state index is -0.155. The molecule has 0 aliphatic carbocycles. The second-order valence-electron chi connectivity index (χ2n) is 4.11. The number of rotatable bonds is 4. The molecule has 0 saturated heterocycles. The Bertz CT molecular complexity index is 575. The molecule has 0 radical (unpaired) electrons. The third-order valence-corrected chi connectivity index (χ3v) is 3.60. The van der Waals surface area contributed by atoms with Gasteiger partial charge in [0.1, 0.15) is 10.6 Å². The lowest BCUT2D eigenvalue weighted by Gasteiger charge is -2.09. The van der Waals surface area contributed by atoms with Crippen LogP contribution in [-0.4, -0.2) is 25.2 Å². The van der Waals surface area contributed by atoms with Gasteiger partial charge in [0.05, 0.1) is 16.9 Å². The number of aromatic nitrogens is 4. The lowest BCUT2D eigenvalue weighted by molar-refractivity contribution is 0.103. The van der Waals surface area contributed by atoms with E-state index in [1.165, 1.54) is 6.20 Å². The van der Waals surface area contributed by atoms with Crippen molar-refractivity contribution >= 4 is 28.9 Å². The molecule has 2 rings (SSSR count). The Morgan fingerprint density at radius 2 is 2.28 bits per heavy atom. The third kappa shape index (κ3) is 2.18. The van der Waals surface area contributed by atoms with Gasteiger partial charge < -0.3 is 0 Å². The second-order valence-corrected chi connectivity index (χ2v) is 5.27. The zero-order chi connectivity index (χ0) is 13.3. The fraction of sp³-hybridized carbons (Fsp3) is 0.455. The van der Waals surface area contributed by atoms with Crippen molar-refractivity contribution in [1.29, 1.82) is 0 Å². The normalized spacial score (nSPS) is 11.2. The van der Waals surface area contributed by atoms with Crippen LogP contribution in [0.15, 0.2) is 6.20 Å². The first-order chi connectivity index (χ1) is 8.56. The van der Waals surface area contributed by atoms with Gasteiger partial charge in [0.2, 0.25) is 5.78 Å². The van der Waals surface area contributed by atoms with Crippen LogP contribution in [0.4, 0.5) is 0 Å². The summed E-state index contributed by atoms with van der Waals surface area (Å²) in [6.45, 7) is 5.84. The van der Waals surface area contributed by atoms with Crippen LogP contribution in [-0.2, 0) is 6.42 Å². The highest BCUT2D eigenvalue weighted by Gasteiger charge is 2.24. The summed E-state index contributed by atoms with van der Waals surface area (Å²) in [5.41, 5.74) is 1.12. The number of carbonyl (C=O) groups excluding carboxylic acids is 1. The highest BCUT2D eigenvalue weighted by Crippen LogP contribution is 2.24. The quantitative estimate of drug-likeness (QED) is 0.810. The molecule has 2 aromatic rings. The molecule has 0 unspecified atom stereocenters. The molecular formula is C11H13ClN4OS. The molecule has 0 aliphatic heterocycles. The molecule has 0 fully saturated rings. The molecule has 7 heteroatoms. The van der Waals surface area contributed by atoms with Gasteiger partial charge in [0.15, 0.2) is 0 Å². The Balaban J connectivity index is 2.49. The Hall–Kier alpha value is -1.27. The smallest absolute Gasteiger partial charge is 0.226 e. The van der Waals surface area contributed by atoms with Gasteiger partial charge >= 0.3 is 0 Å². The number of carbonyl (C=O) groups is 1. The summed E-state index contributed by atoms with van der Waals surface area (Å²) in [6.07, 6.45) is 2.17. The van der Waals surface area contributed by atoms with E-state index in [0.717, 1.165) is 11.5 Å². The Morgan fingerprint density at radius 3 is 2.89 bits per heavy atom. The highest BCUT2D eigenvalue weighted by atomic mass is 35.5. The summed E-state index contributed by atoms with van der Waals surface area (Å²) >= 11 is 7.16. The molecule has 0 saturated carbocycles. The topological polar surface area (TPSA) is 60.7 Å². The number of ketones is 1. The molecule has 0 spiro atoms. The van der Waals surface area contributed by atoms with Gasteiger partial charge in [-0.1, -0.05) is 23.0 Å². The molecule has 96 valence electrons. The average molecular weight is 285 g/mol.